The molecule has 14 heavy (non-hydrogen) atoms. The van der Waals surface area contributed by atoms with Gasteiger partial charge in [-0.1, -0.05) is 26.2 Å². The first-order valence-corrected chi connectivity index (χ1v) is 5.44. The average Bonchev–Trinajstić information content (AvgIpc) is 2.60. The minimum absolute atomic E-state index is 0. The third kappa shape index (κ3) is 4.44. The lowest BCUT2D eigenvalue weighted by Crippen LogP contribution is -3.00. The van der Waals surface area contributed by atoms with Gasteiger partial charge in [-0.25, -0.2) is 9.55 Å². The number of hydrogen-bond donors (Lipinski definition) is 1. The van der Waals surface area contributed by atoms with Crippen molar-refractivity contribution >= 4 is 0 Å². The fourth-order valence-corrected chi connectivity index (χ4v) is 1.63. The second-order valence-electron chi connectivity index (χ2n) is 3.50. The van der Waals surface area contributed by atoms with Crippen molar-refractivity contribution in [3.8, 4) is 0 Å². The van der Waals surface area contributed by atoms with Crippen LogP contribution in [0.2, 0.25) is 0 Å². The van der Waals surface area contributed by atoms with E-state index < -0.39 is 0 Å². The number of aromatic amines is 1. The number of hydrogen-bond acceptors (Lipinski definition) is 0. The van der Waals surface area contributed by atoms with Gasteiger partial charge in [-0.2, -0.15) is 0 Å². The van der Waals surface area contributed by atoms with Crippen LogP contribution in [0, 0.1) is 0 Å². The second-order valence-corrected chi connectivity index (χ2v) is 3.50. The van der Waals surface area contributed by atoms with E-state index in [1.807, 2.05) is 6.20 Å². The molecule has 82 valence electrons. The molecule has 1 N–H and O–H groups in total. The lowest BCUT2D eigenvalue weighted by molar-refractivity contribution is -0.699. The van der Waals surface area contributed by atoms with Crippen molar-refractivity contribution in [2.75, 3.05) is 0 Å². The summed E-state index contributed by atoms with van der Waals surface area (Å²) in [7, 11) is 0. The van der Waals surface area contributed by atoms with E-state index in [2.05, 4.69) is 29.6 Å². The van der Waals surface area contributed by atoms with E-state index in [4.69, 9.17) is 0 Å². The molecule has 0 radical (unpaired) electrons. The van der Waals surface area contributed by atoms with E-state index in [0.717, 1.165) is 6.54 Å². The summed E-state index contributed by atoms with van der Waals surface area (Å²) in [6.45, 7) is 5.51. The van der Waals surface area contributed by atoms with Gasteiger partial charge in [0.2, 0.25) is 0 Å². The predicted octanol–water partition coefficient (Wildman–Crippen LogP) is -0.551. The van der Waals surface area contributed by atoms with Crippen LogP contribution in [0.15, 0.2) is 12.4 Å². The van der Waals surface area contributed by atoms with Crippen molar-refractivity contribution in [2.45, 2.75) is 52.5 Å². The first-order chi connectivity index (χ1) is 6.38. The number of H-pyrrole nitrogens is 1. The van der Waals surface area contributed by atoms with E-state index >= 15 is 0 Å². The Bertz CT molecular complexity index is 233. The highest BCUT2D eigenvalue weighted by atomic mass is 127. The summed E-state index contributed by atoms with van der Waals surface area (Å²) in [6.07, 6.45) is 10.7. The number of unbranched alkanes of at least 4 members (excludes halogenated alkanes) is 3. The zero-order valence-corrected chi connectivity index (χ0v) is 11.4. The average molecular weight is 308 g/mol. The lowest BCUT2D eigenvalue weighted by Gasteiger charge is -1.97. The maximum Gasteiger partial charge on any atom is 0.254 e. The highest BCUT2D eigenvalue weighted by Crippen LogP contribution is 2.02. The Morgan fingerprint density at radius 2 is 2.00 bits per heavy atom. The van der Waals surface area contributed by atoms with Crippen LogP contribution in [0.1, 0.15) is 45.4 Å². The largest absolute Gasteiger partial charge is 1.00 e. The van der Waals surface area contributed by atoms with Crippen molar-refractivity contribution in [2.24, 2.45) is 0 Å². The number of aromatic nitrogens is 2. The Morgan fingerprint density at radius 3 is 2.64 bits per heavy atom. The van der Waals surface area contributed by atoms with Crippen LogP contribution >= 0.6 is 0 Å². The fourth-order valence-electron chi connectivity index (χ4n) is 1.63. The fraction of sp³-hybridized carbons (Fsp3) is 0.727. The van der Waals surface area contributed by atoms with Crippen molar-refractivity contribution in [3.63, 3.8) is 0 Å². The van der Waals surface area contributed by atoms with Crippen molar-refractivity contribution < 1.29 is 28.5 Å². The number of halogens is 1. The maximum atomic E-state index is 3.30. The standard InChI is InChI=1S/C11H20N2.HI/c1-3-5-6-7-8-11-12-9-10-13(11)4-2;/h9-10H,3-8H2,1-2H3;1H. The normalized spacial score (nSPS) is 9.86. The number of imidazole rings is 1. The Hall–Kier alpha value is -0.0600. The van der Waals surface area contributed by atoms with Crippen LogP contribution in [-0.2, 0) is 13.0 Å². The molecule has 0 bridgehead atoms. The van der Waals surface area contributed by atoms with Gasteiger partial charge in [-0.05, 0) is 13.3 Å². The zero-order chi connectivity index (χ0) is 9.52. The Balaban J connectivity index is 0.00000169. The molecule has 1 rings (SSSR count). The van der Waals surface area contributed by atoms with E-state index in [0.29, 0.717) is 0 Å². The van der Waals surface area contributed by atoms with Crippen LogP contribution in [0.25, 0.3) is 0 Å². The molecule has 1 aromatic rings. The van der Waals surface area contributed by atoms with Gasteiger partial charge < -0.3 is 24.0 Å². The summed E-state index contributed by atoms with van der Waals surface area (Å²) in [6, 6.07) is 0. The third-order valence-corrected chi connectivity index (χ3v) is 2.46. The molecule has 0 fully saturated rings. The Labute approximate surface area is 104 Å². The molecular formula is C11H21IN2. The first-order valence-electron chi connectivity index (χ1n) is 5.44. The number of nitrogens with one attached hydrogen (secondary N) is 1. The SMILES string of the molecule is CCCCCCc1[nH]cc[n+]1CC.[I-]. The molecule has 2 nitrogen and oxygen atoms in total. The van der Waals surface area contributed by atoms with E-state index in [-0.39, 0.29) is 24.0 Å². The van der Waals surface area contributed by atoms with E-state index in [1.54, 1.807) is 0 Å². The van der Waals surface area contributed by atoms with Gasteiger partial charge in [-0.15, -0.1) is 0 Å². The van der Waals surface area contributed by atoms with E-state index in [1.165, 1.54) is 37.9 Å². The number of aryl methyl sites for hydroxylation is 2. The molecule has 0 amide bonds. The molecule has 0 aromatic carbocycles. The second kappa shape index (κ2) is 8.26. The summed E-state index contributed by atoms with van der Waals surface area (Å²) in [4.78, 5) is 3.30. The molecule has 1 heterocycles. The van der Waals surface area contributed by atoms with Crippen LogP contribution in [0.3, 0.4) is 0 Å². The van der Waals surface area contributed by atoms with Gasteiger partial charge >= 0.3 is 0 Å². The van der Waals surface area contributed by atoms with Crippen LogP contribution in [-0.4, -0.2) is 4.98 Å². The number of nitrogens with zero attached hydrogens (tertiary/aromatic N) is 1. The molecule has 0 aliphatic carbocycles. The van der Waals surface area contributed by atoms with Gasteiger partial charge in [0, 0.05) is 6.42 Å². The van der Waals surface area contributed by atoms with Crippen molar-refractivity contribution in [3.05, 3.63) is 18.2 Å². The highest BCUT2D eigenvalue weighted by Gasteiger charge is 2.06. The molecule has 0 unspecified atom stereocenters. The van der Waals surface area contributed by atoms with Crippen molar-refractivity contribution in [1.82, 2.24) is 4.98 Å². The van der Waals surface area contributed by atoms with Crippen LogP contribution in [0.5, 0.6) is 0 Å². The first kappa shape index (κ1) is 13.9. The molecule has 0 aliphatic heterocycles. The van der Waals surface area contributed by atoms with Crippen LogP contribution < -0.4 is 28.5 Å². The monoisotopic (exact) mass is 308 g/mol. The van der Waals surface area contributed by atoms with Crippen LogP contribution in [0.4, 0.5) is 0 Å². The molecule has 0 atom stereocenters. The zero-order valence-electron chi connectivity index (χ0n) is 9.22. The predicted molar refractivity (Wildman–Crippen MR) is 54.5 cm³/mol. The summed E-state index contributed by atoms with van der Waals surface area (Å²) in [5.74, 6) is 1.37. The molecule has 3 heteroatoms. The molecule has 1 aromatic heterocycles. The number of rotatable bonds is 6. The summed E-state index contributed by atoms with van der Waals surface area (Å²) >= 11 is 0. The summed E-state index contributed by atoms with van der Waals surface area (Å²) in [5, 5.41) is 0. The topological polar surface area (TPSA) is 19.7 Å². The minimum atomic E-state index is 0. The van der Waals surface area contributed by atoms with E-state index in [9.17, 15) is 0 Å². The molecule has 0 spiro atoms. The minimum Gasteiger partial charge on any atom is -1.00 e. The molecule has 0 saturated heterocycles. The highest BCUT2D eigenvalue weighted by molar-refractivity contribution is 4.77. The summed E-state index contributed by atoms with van der Waals surface area (Å²) < 4.78 is 2.28. The lowest BCUT2D eigenvalue weighted by atomic mass is 10.1. The van der Waals surface area contributed by atoms with Crippen molar-refractivity contribution in [1.29, 1.82) is 0 Å². The summed E-state index contributed by atoms with van der Waals surface area (Å²) in [5.41, 5.74) is 0. The van der Waals surface area contributed by atoms with Gasteiger partial charge in [0.15, 0.2) is 0 Å². The molecule has 0 saturated carbocycles. The molecule has 0 aliphatic rings. The van der Waals surface area contributed by atoms with Gasteiger partial charge in [-0.3, -0.25) is 0 Å². The van der Waals surface area contributed by atoms with Gasteiger partial charge in [0.1, 0.15) is 12.4 Å². The third-order valence-electron chi connectivity index (χ3n) is 2.46. The van der Waals surface area contributed by atoms with Gasteiger partial charge in [0.25, 0.3) is 5.82 Å². The Morgan fingerprint density at radius 1 is 1.21 bits per heavy atom. The smallest absolute Gasteiger partial charge is 0.254 e. The van der Waals surface area contributed by atoms with Gasteiger partial charge in [0.05, 0.1) is 6.54 Å². The maximum absolute atomic E-state index is 3.30. The quantitative estimate of drug-likeness (QED) is 0.413. The Kier molecular flexibility index (Phi) is 8.23. The molecular weight excluding hydrogens is 287 g/mol.